The highest BCUT2D eigenvalue weighted by Crippen LogP contribution is 2.24. The predicted molar refractivity (Wildman–Crippen MR) is 128 cm³/mol. The van der Waals surface area contributed by atoms with Gasteiger partial charge in [0.05, 0.1) is 24.5 Å². The highest BCUT2D eigenvalue weighted by atomic mass is 32.2. The molecule has 0 aliphatic heterocycles. The molecule has 0 saturated carbocycles. The average Bonchev–Trinajstić information content (AvgIpc) is 3.16. The minimum Gasteiger partial charge on any atom is -0.340 e. The second-order valence-electron chi connectivity index (χ2n) is 7.53. The molecule has 0 aliphatic carbocycles. The van der Waals surface area contributed by atoms with E-state index in [1.54, 1.807) is 41.5 Å². The van der Waals surface area contributed by atoms with Crippen LogP contribution in [0.1, 0.15) is 12.5 Å². The van der Waals surface area contributed by atoms with Crippen LogP contribution in [0.2, 0.25) is 0 Å². The van der Waals surface area contributed by atoms with Gasteiger partial charge < -0.3 is 10.6 Å². The van der Waals surface area contributed by atoms with Gasteiger partial charge in [0.2, 0.25) is 15.9 Å². The Balaban J connectivity index is 1.60. The first kappa shape index (κ1) is 22.2. The summed E-state index contributed by atoms with van der Waals surface area (Å²) in [6.45, 7) is 1.80. The Labute approximate surface area is 191 Å². The quantitative estimate of drug-likeness (QED) is 0.430. The average molecular weight is 466 g/mol. The summed E-state index contributed by atoms with van der Waals surface area (Å²) in [5.74, 6) is 0.849. The fraction of sp³-hybridized carbons (Fsp3) is 0.182. The van der Waals surface area contributed by atoms with E-state index in [1.165, 1.54) is 14.0 Å². The Morgan fingerprint density at radius 2 is 1.82 bits per heavy atom. The zero-order chi connectivity index (χ0) is 23.6. The lowest BCUT2D eigenvalue weighted by atomic mass is 10.2. The van der Waals surface area contributed by atoms with Gasteiger partial charge in [-0.2, -0.15) is 5.10 Å². The number of nitrogens with one attached hydrogen (secondary N) is 2. The van der Waals surface area contributed by atoms with Gasteiger partial charge in [0.25, 0.3) is 0 Å². The monoisotopic (exact) mass is 465 g/mol. The van der Waals surface area contributed by atoms with Crippen molar-refractivity contribution in [1.29, 1.82) is 0 Å². The van der Waals surface area contributed by atoms with E-state index in [-0.39, 0.29) is 5.91 Å². The van der Waals surface area contributed by atoms with Crippen molar-refractivity contribution in [2.75, 3.05) is 28.2 Å². The van der Waals surface area contributed by atoms with Crippen LogP contribution in [0.15, 0.2) is 61.1 Å². The molecule has 10 nitrogen and oxygen atoms in total. The molecule has 4 rings (SSSR count). The van der Waals surface area contributed by atoms with Crippen LogP contribution in [-0.2, 0) is 21.4 Å². The molecule has 1 amide bonds. The van der Waals surface area contributed by atoms with Gasteiger partial charge in [-0.1, -0.05) is 6.07 Å². The van der Waals surface area contributed by atoms with E-state index in [1.807, 2.05) is 24.3 Å². The van der Waals surface area contributed by atoms with Crippen molar-refractivity contribution in [2.45, 2.75) is 13.5 Å². The number of rotatable bonds is 7. The molecule has 0 bridgehead atoms. The van der Waals surface area contributed by atoms with Crippen molar-refractivity contribution in [1.82, 2.24) is 19.7 Å². The van der Waals surface area contributed by atoms with Gasteiger partial charge in [-0.15, -0.1) is 0 Å². The maximum Gasteiger partial charge on any atom is 0.233 e. The molecular weight excluding hydrogens is 442 g/mol. The number of pyridine rings is 2. The third-order valence-corrected chi connectivity index (χ3v) is 6.16. The minimum atomic E-state index is -3.45. The summed E-state index contributed by atoms with van der Waals surface area (Å²) >= 11 is 0. The zero-order valence-corrected chi connectivity index (χ0v) is 19.2. The van der Waals surface area contributed by atoms with Crippen LogP contribution in [-0.4, -0.2) is 47.4 Å². The van der Waals surface area contributed by atoms with Crippen molar-refractivity contribution in [3.05, 3.63) is 66.6 Å². The smallest absolute Gasteiger partial charge is 0.233 e. The van der Waals surface area contributed by atoms with Gasteiger partial charge in [-0.3, -0.25) is 13.8 Å². The molecule has 0 fully saturated rings. The number of carbonyl (C=O) groups is 1. The van der Waals surface area contributed by atoms with E-state index in [0.29, 0.717) is 23.9 Å². The summed E-state index contributed by atoms with van der Waals surface area (Å²) in [5.41, 5.74) is 3.07. The number of aromatic nitrogens is 4. The van der Waals surface area contributed by atoms with E-state index >= 15 is 0 Å². The number of sulfonamides is 1. The van der Waals surface area contributed by atoms with Crippen LogP contribution in [0.5, 0.6) is 0 Å². The second kappa shape index (κ2) is 8.87. The van der Waals surface area contributed by atoms with Crippen LogP contribution in [0.4, 0.5) is 23.0 Å². The van der Waals surface area contributed by atoms with Crippen LogP contribution in [0, 0.1) is 0 Å². The molecule has 0 spiro atoms. The molecule has 3 heterocycles. The number of hydrogen-bond donors (Lipinski definition) is 2. The first-order valence-electron chi connectivity index (χ1n) is 10.0. The molecule has 170 valence electrons. The highest BCUT2D eigenvalue weighted by molar-refractivity contribution is 7.92. The van der Waals surface area contributed by atoms with Gasteiger partial charge in [0.1, 0.15) is 11.6 Å². The predicted octanol–water partition coefficient (Wildman–Crippen LogP) is 2.97. The topological polar surface area (TPSA) is 122 Å². The van der Waals surface area contributed by atoms with Crippen molar-refractivity contribution in [3.63, 3.8) is 0 Å². The summed E-state index contributed by atoms with van der Waals surface area (Å²) in [6.07, 6.45) is 6.14. The molecular formula is C22H23N7O3S. The number of anilines is 4. The van der Waals surface area contributed by atoms with E-state index in [2.05, 4.69) is 25.7 Å². The minimum absolute atomic E-state index is 0.129. The van der Waals surface area contributed by atoms with Crippen LogP contribution >= 0.6 is 0 Å². The SMILES string of the molecule is CC(=O)Nc1ccc(Nc2cc3c(cn2)cnn3Cc2cccnc2N(C)S(C)(=O)=O)cc1. The van der Waals surface area contributed by atoms with E-state index in [9.17, 15) is 13.2 Å². The fourth-order valence-electron chi connectivity index (χ4n) is 3.31. The maximum atomic E-state index is 12.0. The van der Waals surface area contributed by atoms with Gasteiger partial charge in [-0.05, 0) is 30.3 Å². The van der Waals surface area contributed by atoms with E-state index in [0.717, 1.165) is 32.7 Å². The lowest BCUT2D eigenvalue weighted by Gasteiger charge is -2.19. The standard InChI is InChI=1S/C22H23N7O3S/c1-15(30)26-18-6-8-19(9-7-18)27-21-11-20-17(12-24-21)13-25-29(20)14-16-5-4-10-23-22(16)28(2)33(3,31)32/h4-13H,14H2,1-3H3,(H,24,27)(H,26,30). The number of fused-ring (bicyclic) bond motifs is 1. The van der Waals surface area contributed by atoms with Crippen molar-refractivity contribution in [3.8, 4) is 0 Å². The molecule has 1 aromatic carbocycles. The van der Waals surface area contributed by atoms with Crippen molar-refractivity contribution < 1.29 is 13.2 Å². The van der Waals surface area contributed by atoms with Crippen LogP contribution < -0.4 is 14.9 Å². The van der Waals surface area contributed by atoms with Gasteiger partial charge >= 0.3 is 0 Å². The Hall–Kier alpha value is -3.99. The first-order valence-corrected chi connectivity index (χ1v) is 11.9. The Kier molecular flexibility index (Phi) is 5.97. The molecule has 0 saturated heterocycles. The summed E-state index contributed by atoms with van der Waals surface area (Å²) in [4.78, 5) is 19.9. The molecule has 33 heavy (non-hydrogen) atoms. The number of benzene rings is 1. The third kappa shape index (κ3) is 5.09. The lowest BCUT2D eigenvalue weighted by molar-refractivity contribution is -0.114. The van der Waals surface area contributed by atoms with Crippen molar-refractivity contribution in [2.24, 2.45) is 0 Å². The molecule has 11 heteroatoms. The highest BCUT2D eigenvalue weighted by Gasteiger charge is 2.18. The molecule has 0 atom stereocenters. The number of hydrogen-bond acceptors (Lipinski definition) is 7. The van der Waals surface area contributed by atoms with Gasteiger partial charge in [-0.25, -0.2) is 18.4 Å². The fourth-order valence-corrected chi connectivity index (χ4v) is 3.79. The van der Waals surface area contributed by atoms with Crippen LogP contribution in [0.25, 0.3) is 10.9 Å². The molecule has 4 aromatic rings. The maximum absolute atomic E-state index is 12.0. The summed E-state index contributed by atoms with van der Waals surface area (Å²) in [6, 6.07) is 12.8. The van der Waals surface area contributed by atoms with Crippen molar-refractivity contribution >= 4 is 49.8 Å². The van der Waals surface area contributed by atoms with Crippen LogP contribution in [0.3, 0.4) is 0 Å². The normalized spacial score (nSPS) is 11.4. The number of carbonyl (C=O) groups excluding carboxylic acids is 1. The number of nitrogens with zero attached hydrogens (tertiary/aromatic N) is 5. The molecule has 0 aliphatic rings. The number of amides is 1. The Morgan fingerprint density at radius 3 is 2.52 bits per heavy atom. The Morgan fingerprint density at radius 1 is 1.09 bits per heavy atom. The molecule has 2 N–H and O–H groups in total. The van der Waals surface area contributed by atoms with E-state index in [4.69, 9.17) is 0 Å². The first-order chi connectivity index (χ1) is 15.7. The Bertz CT molecular complexity index is 1420. The molecule has 0 radical (unpaired) electrons. The summed E-state index contributed by atoms with van der Waals surface area (Å²) in [7, 11) is -1.98. The molecule has 3 aromatic heterocycles. The largest absolute Gasteiger partial charge is 0.340 e. The summed E-state index contributed by atoms with van der Waals surface area (Å²) < 4.78 is 27.0. The van der Waals surface area contributed by atoms with Gasteiger partial charge in [0.15, 0.2) is 0 Å². The van der Waals surface area contributed by atoms with E-state index < -0.39 is 10.0 Å². The third-order valence-electron chi connectivity index (χ3n) is 4.99. The molecule has 0 unspecified atom stereocenters. The van der Waals surface area contributed by atoms with Gasteiger partial charge in [0, 0.05) is 54.8 Å². The lowest BCUT2D eigenvalue weighted by Crippen LogP contribution is -2.27. The summed E-state index contributed by atoms with van der Waals surface area (Å²) in [5, 5.41) is 11.3. The zero-order valence-electron chi connectivity index (χ0n) is 18.3. The second-order valence-corrected chi connectivity index (χ2v) is 9.54.